The highest BCUT2D eigenvalue weighted by Gasteiger charge is 2.42. The summed E-state index contributed by atoms with van der Waals surface area (Å²) in [7, 11) is 1.79. The summed E-state index contributed by atoms with van der Waals surface area (Å²) in [6.07, 6.45) is 2.13. The van der Waals surface area contributed by atoms with Gasteiger partial charge in [0.1, 0.15) is 6.61 Å². The second-order valence-corrected chi connectivity index (χ2v) is 6.40. The molecule has 24 heavy (non-hydrogen) atoms. The van der Waals surface area contributed by atoms with E-state index in [1.54, 1.807) is 18.3 Å². The average Bonchev–Trinajstić information content (AvgIpc) is 3.21. The van der Waals surface area contributed by atoms with Crippen LogP contribution in [-0.4, -0.2) is 70.1 Å². The van der Waals surface area contributed by atoms with Crippen LogP contribution in [0.3, 0.4) is 0 Å². The maximum Gasteiger partial charge on any atom is 0.248 e. The van der Waals surface area contributed by atoms with Crippen LogP contribution in [0.1, 0.15) is 6.42 Å². The molecule has 3 heterocycles. The Kier molecular flexibility index (Phi) is 3.72. The molecule has 1 aromatic heterocycles. The SMILES string of the molecule is CN1C(=O)CO[C@H]2CN(C(=O)CCn3cnc4ccccc43)C[C@@H]21. The molecule has 0 unspecified atom stereocenters. The first-order valence-electron chi connectivity index (χ1n) is 8.18. The van der Waals surface area contributed by atoms with E-state index in [1.165, 1.54) is 0 Å². The Morgan fingerprint density at radius 3 is 3.04 bits per heavy atom. The molecular formula is C17H20N4O3. The van der Waals surface area contributed by atoms with Gasteiger partial charge in [0, 0.05) is 33.1 Å². The zero-order valence-corrected chi connectivity index (χ0v) is 13.6. The highest BCUT2D eigenvalue weighted by Crippen LogP contribution is 2.23. The lowest BCUT2D eigenvalue weighted by Crippen LogP contribution is -2.51. The van der Waals surface area contributed by atoms with Gasteiger partial charge in [0.05, 0.1) is 29.5 Å². The van der Waals surface area contributed by atoms with E-state index in [2.05, 4.69) is 4.98 Å². The summed E-state index contributed by atoms with van der Waals surface area (Å²) >= 11 is 0. The number of hydrogen-bond donors (Lipinski definition) is 0. The van der Waals surface area contributed by atoms with Crippen LogP contribution >= 0.6 is 0 Å². The van der Waals surface area contributed by atoms with Gasteiger partial charge in [-0.1, -0.05) is 12.1 Å². The molecule has 7 heteroatoms. The second kappa shape index (κ2) is 5.90. The zero-order valence-electron chi connectivity index (χ0n) is 13.6. The molecule has 0 aliphatic carbocycles. The van der Waals surface area contributed by atoms with Crippen molar-refractivity contribution in [2.45, 2.75) is 25.1 Å². The Morgan fingerprint density at radius 2 is 2.17 bits per heavy atom. The minimum Gasteiger partial charge on any atom is -0.364 e. The summed E-state index contributed by atoms with van der Waals surface area (Å²) in [6, 6.07) is 7.87. The molecule has 126 valence electrons. The first kappa shape index (κ1) is 15.1. The minimum atomic E-state index is -0.0641. The van der Waals surface area contributed by atoms with Crippen LogP contribution in [0.25, 0.3) is 11.0 Å². The average molecular weight is 328 g/mol. The number of carbonyl (C=O) groups excluding carboxylic acids is 2. The van der Waals surface area contributed by atoms with Crippen molar-refractivity contribution in [3.63, 3.8) is 0 Å². The number of likely N-dealkylation sites (tertiary alicyclic amines) is 1. The smallest absolute Gasteiger partial charge is 0.248 e. The second-order valence-electron chi connectivity index (χ2n) is 6.40. The number of aryl methyl sites for hydroxylation is 1. The van der Waals surface area contributed by atoms with E-state index in [1.807, 2.05) is 33.7 Å². The van der Waals surface area contributed by atoms with Gasteiger partial charge in [-0.15, -0.1) is 0 Å². The summed E-state index contributed by atoms with van der Waals surface area (Å²) in [6.45, 7) is 1.82. The van der Waals surface area contributed by atoms with Gasteiger partial charge >= 0.3 is 0 Å². The molecule has 0 spiro atoms. The molecule has 2 aromatic rings. The van der Waals surface area contributed by atoms with Gasteiger partial charge in [0.2, 0.25) is 11.8 Å². The van der Waals surface area contributed by atoms with Gasteiger partial charge in [0.15, 0.2) is 0 Å². The summed E-state index contributed by atoms with van der Waals surface area (Å²) in [5.74, 6) is 0.0714. The predicted octanol–water partition coefficient (Wildman–Crippen LogP) is 0.494. The Hall–Kier alpha value is -2.41. The van der Waals surface area contributed by atoms with Gasteiger partial charge in [-0.3, -0.25) is 9.59 Å². The fourth-order valence-corrected chi connectivity index (χ4v) is 3.52. The molecule has 2 aliphatic rings. The molecule has 0 bridgehead atoms. The quantitative estimate of drug-likeness (QED) is 0.823. The summed E-state index contributed by atoms with van der Waals surface area (Å²) < 4.78 is 7.58. The van der Waals surface area contributed by atoms with Crippen molar-refractivity contribution in [2.75, 3.05) is 26.7 Å². The molecule has 2 atom stereocenters. The van der Waals surface area contributed by atoms with Crippen molar-refractivity contribution >= 4 is 22.8 Å². The molecule has 0 radical (unpaired) electrons. The molecule has 2 fully saturated rings. The number of nitrogens with zero attached hydrogens (tertiary/aromatic N) is 4. The first-order chi connectivity index (χ1) is 11.6. The van der Waals surface area contributed by atoms with Gasteiger partial charge in [-0.2, -0.15) is 0 Å². The van der Waals surface area contributed by atoms with Crippen LogP contribution < -0.4 is 0 Å². The van der Waals surface area contributed by atoms with Crippen LogP contribution in [0.15, 0.2) is 30.6 Å². The molecule has 7 nitrogen and oxygen atoms in total. The van der Waals surface area contributed by atoms with Crippen molar-refractivity contribution in [2.24, 2.45) is 0 Å². The number of benzene rings is 1. The van der Waals surface area contributed by atoms with Crippen molar-refractivity contribution in [1.29, 1.82) is 0 Å². The topological polar surface area (TPSA) is 67.7 Å². The molecule has 2 amide bonds. The molecule has 2 saturated heterocycles. The van der Waals surface area contributed by atoms with Gasteiger partial charge in [-0.05, 0) is 12.1 Å². The number of carbonyl (C=O) groups is 2. The minimum absolute atomic E-state index is 0.0181. The Balaban J connectivity index is 1.39. The van der Waals surface area contributed by atoms with E-state index in [4.69, 9.17) is 4.74 Å². The van der Waals surface area contributed by atoms with E-state index >= 15 is 0 Å². The molecule has 2 aliphatic heterocycles. The standard InChI is InChI=1S/C17H20N4O3/c1-19-14-8-21(9-15(14)24-10-17(19)23)16(22)6-7-20-11-18-12-4-2-3-5-13(12)20/h2-5,11,14-15H,6-10H2,1H3/t14-,15-/m0/s1. The number of likely N-dealkylation sites (N-methyl/N-ethyl adjacent to an activating group) is 1. The van der Waals surface area contributed by atoms with E-state index in [-0.39, 0.29) is 30.6 Å². The van der Waals surface area contributed by atoms with Crippen LogP contribution in [0.5, 0.6) is 0 Å². The van der Waals surface area contributed by atoms with Crippen LogP contribution in [0.4, 0.5) is 0 Å². The molecule has 4 rings (SSSR count). The van der Waals surface area contributed by atoms with E-state index < -0.39 is 0 Å². The number of rotatable bonds is 3. The maximum atomic E-state index is 12.5. The van der Waals surface area contributed by atoms with Crippen molar-refractivity contribution in [1.82, 2.24) is 19.4 Å². The summed E-state index contributed by atoms with van der Waals surface area (Å²) in [5, 5.41) is 0. The van der Waals surface area contributed by atoms with Crippen molar-refractivity contribution in [3.8, 4) is 0 Å². The number of fused-ring (bicyclic) bond motifs is 2. The number of ether oxygens (including phenoxy) is 1. The van der Waals surface area contributed by atoms with Crippen LogP contribution in [0, 0.1) is 0 Å². The zero-order chi connectivity index (χ0) is 16.7. The third-order valence-electron chi connectivity index (χ3n) is 5.00. The first-order valence-corrected chi connectivity index (χ1v) is 8.18. The van der Waals surface area contributed by atoms with Gasteiger partial charge in [-0.25, -0.2) is 4.98 Å². The van der Waals surface area contributed by atoms with E-state index in [9.17, 15) is 9.59 Å². The lowest BCUT2D eigenvalue weighted by molar-refractivity contribution is -0.150. The number of morpholine rings is 1. The van der Waals surface area contributed by atoms with E-state index in [0.717, 1.165) is 11.0 Å². The molecular weight excluding hydrogens is 308 g/mol. The van der Waals surface area contributed by atoms with Crippen LogP contribution in [-0.2, 0) is 20.9 Å². The largest absolute Gasteiger partial charge is 0.364 e. The number of hydrogen-bond acceptors (Lipinski definition) is 4. The fraction of sp³-hybridized carbons (Fsp3) is 0.471. The van der Waals surface area contributed by atoms with Crippen molar-refractivity contribution < 1.29 is 14.3 Å². The lowest BCUT2D eigenvalue weighted by atomic mass is 10.1. The third-order valence-corrected chi connectivity index (χ3v) is 5.00. The van der Waals surface area contributed by atoms with Gasteiger partial charge < -0.3 is 19.1 Å². The highest BCUT2D eigenvalue weighted by atomic mass is 16.5. The maximum absolute atomic E-state index is 12.5. The predicted molar refractivity (Wildman–Crippen MR) is 87.2 cm³/mol. The van der Waals surface area contributed by atoms with Gasteiger partial charge in [0.25, 0.3) is 0 Å². The Labute approximate surface area is 139 Å². The molecule has 0 N–H and O–H groups in total. The third kappa shape index (κ3) is 2.54. The summed E-state index contributed by atoms with van der Waals surface area (Å²) in [5.41, 5.74) is 1.97. The number of amides is 2. The van der Waals surface area contributed by atoms with Crippen molar-refractivity contribution in [3.05, 3.63) is 30.6 Å². The normalized spacial score (nSPS) is 23.8. The highest BCUT2D eigenvalue weighted by molar-refractivity contribution is 5.80. The van der Waals surface area contributed by atoms with Crippen LogP contribution in [0.2, 0.25) is 0 Å². The Morgan fingerprint density at radius 1 is 1.33 bits per heavy atom. The summed E-state index contributed by atoms with van der Waals surface area (Å²) in [4.78, 5) is 32.1. The Bertz CT molecular complexity index is 787. The monoisotopic (exact) mass is 328 g/mol. The fourth-order valence-electron chi connectivity index (χ4n) is 3.52. The number of para-hydroxylation sites is 2. The lowest BCUT2D eigenvalue weighted by Gasteiger charge is -2.33. The van der Waals surface area contributed by atoms with E-state index in [0.29, 0.717) is 26.1 Å². The molecule has 0 saturated carbocycles. The molecule has 1 aromatic carbocycles. The number of imidazole rings is 1. The number of aromatic nitrogens is 2.